The van der Waals surface area contributed by atoms with Gasteiger partial charge >= 0.3 is 0 Å². The van der Waals surface area contributed by atoms with Crippen LogP contribution in [0.3, 0.4) is 0 Å². The SMILES string of the molecule is Cc1cc(C(=O)c2ccc(C)c(C)c2)n(C)n1. The highest BCUT2D eigenvalue weighted by atomic mass is 16.1. The molecule has 2 rings (SSSR count). The van der Waals surface area contributed by atoms with Gasteiger partial charge in [-0.05, 0) is 44.0 Å². The second-order valence-corrected chi connectivity index (χ2v) is 4.42. The maximum absolute atomic E-state index is 12.3. The Morgan fingerprint density at radius 2 is 1.82 bits per heavy atom. The van der Waals surface area contributed by atoms with Crippen LogP contribution in [0.5, 0.6) is 0 Å². The van der Waals surface area contributed by atoms with Gasteiger partial charge in [0.2, 0.25) is 5.78 Å². The molecule has 0 spiro atoms. The maximum atomic E-state index is 12.3. The standard InChI is InChI=1S/C14H16N2O/c1-9-5-6-12(7-10(9)2)14(17)13-8-11(3)15-16(13)4/h5-8H,1-4H3. The number of rotatable bonds is 2. The molecule has 1 aromatic carbocycles. The lowest BCUT2D eigenvalue weighted by atomic mass is 10.0. The summed E-state index contributed by atoms with van der Waals surface area (Å²) in [5.41, 5.74) is 4.54. The molecular formula is C14H16N2O. The van der Waals surface area contributed by atoms with Crippen molar-refractivity contribution in [3.8, 4) is 0 Å². The summed E-state index contributed by atoms with van der Waals surface area (Å²) >= 11 is 0. The summed E-state index contributed by atoms with van der Waals surface area (Å²) in [5.74, 6) is 0.0243. The average Bonchev–Trinajstić information content (AvgIpc) is 2.61. The van der Waals surface area contributed by atoms with Crippen LogP contribution in [0.25, 0.3) is 0 Å². The first-order valence-electron chi connectivity index (χ1n) is 5.61. The first-order valence-corrected chi connectivity index (χ1v) is 5.61. The maximum Gasteiger partial charge on any atom is 0.211 e. The zero-order valence-corrected chi connectivity index (χ0v) is 10.6. The Balaban J connectivity index is 2.44. The molecular weight excluding hydrogens is 212 g/mol. The smallest absolute Gasteiger partial charge is 0.211 e. The molecule has 1 aromatic heterocycles. The molecule has 0 saturated heterocycles. The summed E-state index contributed by atoms with van der Waals surface area (Å²) < 4.78 is 1.63. The first-order chi connectivity index (χ1) is 7.99. The van der Waals surface area contributed by atoms with E-state index in [0.29, 0.717) is 5.69 Å². The highest BCUT2D eigenvalue weighted by Gasteiger charge is 2.14. The van der Waals surface area contributed by atoms with Gasteiger partial charge in [-0.15, -0.1) is 0 Å². The summed E-state index contributed by atoms with van der Waals surface area (Å²) in [6.07, 6.45) is 0. The van der Waals surface area contributed by atoms with Gasteiger partial charge in [0.15, 0.2) is 0 Å². The van der Waals surface area contributed by atoms with Crippen molar-refractivity contribution in [2.24, 2.45) is 7.05 Å². The van der Waals surface area contributed by atoms with Crippen LogP contribution in [-0.4, -0.2) is 15.6 Å². The van der Waals surface area contributed by atoms with E-state index in [1.54, 1.807) is 11.7 Å². The molecule has 3 heteroatoms. The molecule has 0 N–H and O–H groups in total. The van der Waals surface area contributed by atoms with Crippen molar-refractivity contribution < 1.29 is 4.79 Å². The molecule has 17 heavy (non-hydrogen) atoms. The van der Waals surface area contributed by atoms with Crippen molar-refractivity contribution in [1.82, 2.24) is 9.78 Å². The Morgan fingerprint density at radius 1 is 1.12 bits per heavy atom. The largest absolute Gasteiger partial charge is 0.287 e. The van der Waals surface area contributed by atoms with Gasteiger partial charge in [0.05, 0.1) is 5.69 Å². The van der Waals surface area contributed by atoms with Crippen molar-refractivity contribution >= 4 is 5.78 Å². The van der Waals surface area contributed by atoms with E-state index in [4.69, 9.17) is 0 Å². The summed E-state index contributed by atoms with van der Waals surface area (Å²) in [7, 11) is 1.79. The molecule has 88 valence electrons. The van der Waals surface area contributed by atoms with Crippen LogP contribution in [-0.2, 0) is 7.05 Å². The van der Waals surface area contributed by atoms with Crippen molar-refractivity contribution in [2.45, 2.75) is 20.8 Å². The van der Waals surface area contributed by atoms with Gasteiger partial charge in [-0.3, -0.25) is 9.48 Å². The zero-order chi connectivity index (χ0) is 12.6. The fraction of sp³-hybridized carbons (Fsp3) is 0.286. The third-order valence-electron chi connectivity index (χ3n) is 3.00. The number of hydrogen-bond acceptors (Lipinski definition) is 2. The van der Waals surface area contributed by atoms with Crippen LogP contribution in [0, 0.1) is 20.8 Å². The monoisotopic (exact) mass is 228 g/mol. The fourth-order valence-electron chi connectivity index (χ4n) is 1.85. The van der Waals surface area contributed by atoms with Gasteiger partial charge in [-0.2, -0.15) is 5.10 Å². The topological polar surface area (TPSA) is 34.9 Å². The molecule has 3 nitrogen and oxygen atoms in total. The van der Waals surface area contributed by atoms with E-state index in [9.17, 15) is 4.79 Å². The number of nitrogens with zero attached hydrogens (tertiary/aromatic N) is 2. The molecule has 0 atom stereocenters. The number of ketones is 1. The van der Waals surface area contributed by atoms with E-state index in [-0.39, 0.29) is 5.78 Å². The highest BCUT2D eigenvalue weighted by Crippen LogP contribution is 2.14. The number of aromatic nitrogens is 2. The number of aryl methyl sites for hydroxylation is 4. The minimum Gasteiger partial charge on any atom is -0.287 e. The molecule has 0 aliphatic heterocycles. The van der Waals surface area contributed by atoms with Crippen LogP contribution in [0.4, 0.5) is 0 Å². The Kier molecular flexibility index (Phi) is 2.84. The first kappa shape index (κ1) is 11.6. The quantitative estimate of drug-likeness (QED) is 0.740. The van der Waals surface area contributed by atoms with Gasteiger partial charge in [-0.25, -0.2) is 0 Å². The van der Waals surface area contributed by atoms with Crippen LogP contribution < -0.4 is 0 Å². The van der Waals surface area contributed by atoms with E-state index in [1.807, 2.05) is 45.0 Å². The lowest BCUT2D eigenvalue weighted by Gasteiger charge is -2.04. The van der Waals surface area contributed by atoms with Crippen molar-refractivity contribution in [1.29, 1.82) is 0 Å². The lowest BCUT2D eigenvalue weighted by molar-refractivity contribution is 0.103. The predicted octanol–water partition coefficient (Wildman–Crippen LogP) is 2.58. The van der Waals surface area contributed by atoms with Crippen molar-refractivity contribution in [3.63, 3.8) is 0 Å². The second kappa shape index (κ2) is 4.17. The number of hydrogen-bond donors (Lipinski definition) is 0. The molecule has 0 aliphatic carbocycles. The third kappa shape index (κ3) is 2.13. The van der Waals surface area contributed by atoms with E-state index in [0.717, 1.165) is 16.8 Å². The normalized spacial score (nSPS) is 10.6. The Labute approximate surface area is 101 Å². The van der Waals surface area contributed by atoms with Crippen LogP contribution >= 0.6 is 0 Å². The predicted molar refractivity (Wildman–Crippen MR) is 67.3 cm³/mol. The van der Waals surface area contributed by atoms with Gasteiger partial charge in [-0.1, -0.05) is 12.1 Å². The Bertz CT molecular complexity index is 582. The molecule has 2 aromatic rings. The van der Waals surface area contributed by atoms with Gasteiger partial charge < -0.3 is 0 Å². The molecule has 0 unspecified atom stereocenters. The van der Waals surface area contributed by atoms with Crippen molar-refractivity contribution in [2.75, 3.05) is 0 Å². The summed E-state index contributed by atoms with van der Waals surface area (Å²) in [4.78, 5) is 12.3. The van der Waals surface area contributed by atoms with Gasteiger partial charge in [0, 0.05) is 12.6 Å². The molecule has 0 fully saturated rings. The highest BCUT2D eigenvalue weighted by molar-refractivity contribution is 6.08. The lowest BCUT2D eigenvalue weighted by Crippen LogP contribution is -2.08. The number of benzene rings is 1. The minimum atomic E-state index is 0.0243. The number of carbonyl (C=O) groups excluding carboxylic acids is 1. The third-order valence-corrected chi connectivity index (χ3v) is 3.00. The summed E-state index contributed by atoms with van der Waals surface area (Å²) in [6, 6.07) is 7.59. The molecule has 1 heterocycles. The zero-order valence-electron chi connectivity index (χ0n) is 10.6. The summed E-state index contributed by atoms with van der Waals surface area (Å²) in [5, 5.41) is 4.19. The van der Waals surface area contributed by atoms with Crippen LogP contribution in [0.15, 0.2) is 24.3 Å². The van der Waals surface area contributed by atoms with E-state index >= 15 is 0 Å². The Morgan fingerprint density at radius 3 is 2.35 bits per heavy atom. The molecule has 0 radical (unpaired) electrons. The van der Waals surface area contributed by atoms with Gasteiger partial charge in [0.1, 0.15) is 5.69 Å². The molecule has 0 aliphatic rings. The Hall–Kier alpha value is -1.90. The van der Waals surface area contributed by atoms with E-state index < -0.39 is 0 Å². The minimum absolute atomic E-state index is 0.0243. The van der Waals surface area contributed by atoms with Crippen LogP contribution in [0.1, 0.15) is 32.9 Å². The van der Waals surface area contributed by atoms with Crippen molar-refractivity contribution in [3.05, 3.63) is 52.3 Å². The molecule has 0 bridgehead atoms. The van der Waals surface area contributed by atoms with Gasteiger partial charge in [0.25, 0.3) is 0 Å². The molecule has 0 saturated carbocycles. The van der Waals surface area contributed by atoms with E-state index in [2.05, 4.69) is 5.10 Å². The average molecular weight is 228 g/mol. The molecule has 0 amide bonds. The van der Waals surface area contributed by atoms with E-state index in [1.165, 1.54) is 5.56 Å². The summed E-state index contributed by atoms with van der Waals surface area (Å²) in [6.45, 7) is 5.94. The second-order valence-electron chi connectivity index (χ2n) is 4.42. The fourth-order valence-corrected chi connectivity index (χ4v) is 1.85. The number of carbonyl (C=O) groups is 1. The van der Waals surface area contributed by atoms with Crippen LogP contribution in [0.2, 0.25) is 0 Å².